The van der Waals surface area contributed by atoms with Crippen molar-refractivity contribution in [2.75, 3.05) is 7.11 Å². The van der Waals surface area contributed by atoms with E-state index in [0.717, 1.165) is 5.56 Å². The van der Waals surface area contributed by atoms with Crippen molar-refractivity contribution in [1.82, 2.24) is 9.55 Å². The number of hydrogen-bond donors (Lipinski definition) is 0. The summed E-state index contributed by atoms with van der Waals surface area (Å²) in [6, 6.07) is 5.15. The molecular formula is C12H9Cl2N3O3. The molecule has 1 heterocycles. The van der Waals surface area contributed by atoms with Gasteiger partial charge in [0.1, 0.15) is 6.20 Å². The maximum absolute atomic E-state index is 10.7. The first kappa shape index (κ1) is 14.4. The maximum Gasteiger partial charge on any atom is 0.418 e. The molecule has 2 rings (SSSR count). The molecule has 0 atom stereocenters. The summed E-state index contributed by atoms with van der Waals surface area (Å²) in [7, 11) is 1.38. The van der Waals surface area contributed by atoms with Crippen LogP contribution in [0.15, 0.2) is 24.4 Å². The second-order valence-electron chi connectivity index (χ2n) is 3.73. The van der Waals surface area contributed by atoms with Gasteiger partial charge in [-0.3, -0.25) is 0 Å². The van der Waals surface area contributed by atoms with Crippen LogP contribution in [0, 0.1) is 10.1 Å². The number of nitrogens with zero attached hydrogens (tertiary/aromatic N) is 3. The summed E-state index contributed by atoms with van der Waals surface area (Å²) in [4.78, 5) is 13.8. The number of ether oxygens (including phenoxy) is 1. The van der Waals surface area contributed by atoms with Crippen molar-refractivity contribution in [3.05, 3.63) is 50.1 Å². The van der Waals surface area contributed by atoms with Crippen LogP contribution in [0.2, 0.25) is 10.0 Å². The lowest BCUT2D eigenvalue weighted by Crippen LogP contribution is -1.92. The van der Waals surface area contributed by atoms with Crippen LogP contribution >= 0.6 is 23.2 Å². The Hall–Kier alpha value is -2.05. The Morgan fingerprint density at radius 3 is 2.80 bits per heavy atom. The molecule has 0 bridgehead atoms. The molecule has 8 heteroatoms. The fourth-order valence-corrected chi connectivity index (χ4v) is 1.98. The average Bonchev–Trinajstić information content (AvgIpc) is 2.81. The molecule has 0 spiro atoms. The van der Waals surface area contributed by atoms with Gasteiger partial charge in [0.15, 0.2) is 0 Å². The molecule has 0 amide bonds. The molecule has 0 aliphatic heterocycles. The van der Waals surface area contributed by atoms with Crippen LogP contribution in [0.3, 0.4) is 0 Å². The quantitative estimate of drug-likeness (QED) is 0.637. The highest BCUT2D eigenvalue weighted by Gasteiger charge is 2.17. The molecule has 2 aromatic rings. The third-order valence-corrected chi connectivity index (χ3v) is 2.99. The third-order valence-electron chi connectivity index (χ3n) is 2.43. The van der Waals surface area contributed by atoms with E-state index in [2.05, 4.69) is 4.98 Å². The number of halogens is 2. The highest BCUT2D eigenvalue weighted by Crippen LogP contribution is 2.23. The molecule has 1 aromatic carbocycles. The lowest BCUT2D eigenvalue weighted by Gasteiger charge is -1.99. The van der Waals surface area contributed by atoms with Crippen molar-refractivity contribution in [3.63, 3.8) is 0 Å². The van der Waals surface area contributed by atoms with Crippen molar-refractivity contribution in [2.45, 2.75) is 0 Å². The number of rotatable bonds is 4. The van der Waals surface area contributed by atoms with E-state index in [1.54, 1.807) is 30.5 Å². The summed E-state index contributed by atoms with van der Waals surface area (Å²) in [5, 5.41) is 11.7. The van der Waals surface area contributed by atoms with Crippen LogP contribution < -0.4 is 4.74 Å². The zero-order valence-electron chi connectivity index (χ0n) is 10.3. The topological polar surface area (TPSA) is 70.2 Å². The van der Waals surface area contributed by atoms with E-state index >= 15 is 0 Å². The van der Waals surface area contributed by atoms with Crippen LogP contribution in [-0.2, 0) is 0 Å². The molecule has 0 aliphatic rings. The fraction of sp³-hybridized carbons (Fsp3) is 0.0833. The van der Waals surface area contributed by atoms with E-state index in [1.165, 1.54) is 17.9 Å². The normalized spacial score (nSPS) is 10.9. The van der Waals surface area contributed by atoms with E-state index in [9.17, 15) is 10.1 Å². The first-order chi connectivity index (χ1) is 9.51. The fourth-order valence-electron chi connectivity index (χ4n) is 1.51. The van der Waals surface area contributed by atoms with Crippen LogP contribution in [0.1, 0.15) is 5.56 Å². The Bertz CT molecular complexity index is 683. The van der Waals surface area contributed by atoms with Crippen molar-refractivity contribution in [3.8, 4) is 6.01 Å². The Labute approximate surface area is 124 Å². The second kappa shape index (κ2) is 5.94. The van der Waals surface area contributed by atoms with Crippen LogP contribution in [-0.4, -0.2) is 21.6 Å². The van der Waals surface area contributed by atoms with Gasteiger partial charge in [0.05, 0.1) is 7.11 Å². The molecule has 0 N–H and O–H groups in total. The van der Waals surface area contributed by atoms with Gasteiger partial charge in [-0.1, -0.05) is 29.3 Å². The van der Waals surface area contributed by atoms with Gasteiger partial charge in [-0.25, -0.2) is 4.57 Å². The summed E-state index contributed by atoms with van der Waals surface area (Å²) in [6.45, 7) is 0. The summed E-state index contributed by atoms with van der Waals surface area (Å²) in [6.07, 6.45) is 4.49. The van der Waals surface area contributed by atoms with Crippen molar-refractivity contribution in [1.29, 1.82) is 0 Å². The summed E-state index contributed by atoms with van der Waals surface area (Å²) in [5.41, 5.74) is 0.717. The largest absolute Gasteiger partial charge is 0.449 e. The summed E-state index contributed by atoms with van der Waals surface area (Å²) < 4.78 is 6.35. The number of aromatic nitrogens is 2. The zero-order valence-corrected chi connectivity index (χ0v) is 11.8. The maximum atomic E-state index is 10.7. The van der Waals surface area contributed by atoms with Crippen molar-refractivity contribution in [2.24, 2.45) is 0 Å². The smallest absolute Gasteiger partial charge is 0.418 e. The van der Waals surface area contributed by atoms with Gasteiger partial charge in [-0.15, -0.1) is 0 Å². The molecule has 0 saturated carbocycles. The molecule has 0 fully saturated rings. The molecule has 0 saturated heterocycles. The minimum atomic E-state index is -0.595. The molecule has 20 heavy (non-hydrogen) atoms. The highest BCUT2D eigenvalue weighted by atomic mass is 35.5. The van der Waals surface area contributed by atoms with Gasteiger partial charge in [0.25, 0.3) is 0 Å². The van der Waals surface area contributed by atoms with E-state index < -0.39 is 4.92 Å². The molecule has 0 unspecified atom stereocenters. The Balaban J connectivity index is 2.33. The van der Waals surface area contributed by atoms with Gasteiger partial charge >= 0.3 is 11.8 Å². The number of benzene rings is 1. The molecule has 0 aliphatic carbocycles. The lowest BCUT2D eigenvalue weighted by molar-refractivity contribution is -0.389. The van der Waals surface area contributed by atoms with E-state index in [-0.39, 0.29) is 11.8 Å². The van der Waals surface area contributed by atoms with Gasteiger partial charge in [-0.05, 0) is 28.7 Å². The van der Waals surface area contributed by atoms with E-state index in [4.69, 9.17) is 27.9 Å². The Morgan fingerprint density at radius 1 is 1.45 bits per heavy atom. The molecule has 104 valence electrons. The molecule has 6 nitrogen and oxygen atoms in total. The second-order valence-corrected chi connectivity index (χ2v) is 4.58. The number of hydrogen-bond acceptors (Lipinski definition) is 4. The average molecular weight is 314 g/mol. The van der Waals surface area contributed by atoms with Gasteiger partial charge in [-0.2, -0.15) is 0 Å². The Morgan fingerprint density at radius 2 is 2.20 bits per heavy atom. The SMILES string of the molecule is COc1nc([N+](=O)[O-])cn1/C=C/c1ccc(Cl)cc1Cl. The number of nitro groups is 1. The van der Waals surface area contributed by atoms with Gasteiger partial charge < -0.3 is 14.9 Å². The standard InChI is InChI=1S/C12H9Cl2N3O3/c1-20-12-15-11(17(18)19)7-16(12)5-4-8-2-3-9(13)6-10(8)14/h2-7H,1H3/b5-4+. The van der Waals surface area contributed by atoms with Crippen molar-refractivity contribution < 1.29 is 9.66 Å². The van der Waals surface area contributed by atoms with Gasteiger partial charge in [0.2, 0.25) is 0 Å². The van der Waals surface area contributed by atoms with Crippen molar-refractivity contribution >= 4 is 41.3 Å². The number of imidazole rings is 1. The number of methoxy groups -OCH3 is 1. The summed E-state index contributed by atoms with van der Waals surface area (Å²) in [5.74, 6) is -0.297. The minimum Gasteiger partial charge on any atom is -0.449 e. The summed E-state index contributed by atoms with van der Waals surface area (Å²) >= 11 is 11.8. The first-order valence-corrected chi connectivity index (χ1v) is 6.17. The minimum absolute atomic E-state index is 0.109. The molecule has 0 radical (unpaired) electrons. The van der Waals surface area contributed by atoms with E-state index in [1.807, 2.05) is 0 Å². The molecular weight excluding hydrogens is 305 g/mol. The predicted molar refractivity (Wildman–Crippen MR) is 77.1 cm³/mol. The zero-order chi connectivity index (χ0) is 14.7. The van der Waals surface area contributed by atoms with Crippen LogP contribution in [0.4, 0.5) is 5.82 Å². The predicted octanol–water partition coefficient (Wildman–Crippen LogP) is 3.73. The van der Waals surface area contributed by atoms with Gasteiger partial charge in [0, 0.05) is 21.2 Å². The van der Waals surface area contributed by atoms with Crippen LogP contribution in [0.25, 0.3) is 12.3 Å². The Kier molecular flexibility index (Phi) is 4.26. The molecule has 1 aromatic heterocycles. The van der Waals surface area contributed by atoms with Crippen LogP contribution in [0.5, 0.6) is 6.01 Å². The highest BCUT2D eigenvalue weighted by molar-refractivity contribution is 6.35. The first-order valence-electron chi connectivity index (χ1n) is 5.42. The third kappa shape index (κ3) is 3.09. The van der Waals surface area contributed by atoms with E-state index in [0.29, 0.717) is 10.0 Å². The monoisotopic (exact) mass is 313 g/mol. The lowest BCUT2D eigenvalue weighted by atomic mass is 10.2.